The molecule has 1 fully saturated rings. The van der Waals surface area contributed by atoms with Gasteiger partial charge in [0.05, 0.1) is 0 Å². The first-order valence-electron chi connectivity index (χ1n) is 31.8. The van der Waals surface area contributed by atoms with Crippen molar-refractivity contribution in [3.63, 3.8) is 0 Å². The fourth-order valence-electron chi connectivity index (χ4n) is 14.4. The van der Waals surface area contributed by atoms with E-state index in [4.69, 9.17) is 0 Å². The Morgan fingerprint density at radius 2 is 0.729 bits per heavy atom. The lowest BCUT2D eigenvalue weighted by Crippen LogP contribution is -2.25. The highest BCUT2D eigenvalue weighted by Crippen LogP contribution is 2.73. The lowest BCUT2D eigenvalue weighted by Gasteiger charge is -2.34. The number of nitrogens with zero attached hydrogens (tertiary/aromatic N) is 4. The first-order valence-corrected chi connectivity index (χ1v) is 34.8. The summed E-state index contributed by atoms with van der Waals surface area (Å²) < 4.78 is 0. The Kier molecular flexibility index (Phi) is 20.0. The number of benzene rings is 8. The standard InChI is InChI=1S/C49H54N2.2C15H26NP/c1-29(2)40-24-34-26-42(46(40)50(8)9)31(5)48(6)28-49(48,7)43-27-35(25-41(30(3)4)47(43)51(10)11)39-23-21-33-17-13-15-19-37(33)45(39)44-36-18-14-12-16-32(36)20-22-38(34)44;2*1-10(2)13-8-12(17-7)9-14(11(3)4)15(13)16(5)6/h12-27,29-31H,28H2,1-11H3;2*8-11,17H,1-7H3. The third kappa shape index (κ3) is 12.5. The molecular formula is C79H106N4P2. The van der Waals surface area contributed by atoms with Crippen molar-refractivity contribution in [3.05, 3.63) is 166 Å². The first-order chi connectivity index (χ1) is 40.0. The maximum atomic E-state index is 2.59. The number of hydrogen-bond acceptors (Lipinski definition) is 4. The summed E-state index contributed by atoms with van der Waals surface area (Å²) in [5.74, 6) is 3.43. The van der Waals surface area contributed by atoms with E-state index < -0.39 is 0 Å². The fraction of sp³-hybridized carbons (Fsp3) is 0.443. The monoisotopic (exact) mass is 1170 g/mol. The lowest BCUT2D eigenvalue weighted by atomic mass is 9.74. The van der Waals surface area contributed by atoms with E-state index in [0.717, 1.165) is 23.6 Å². The second-order valence-corrected chi connectivity index (χ2v) is 30.2. The van der Waals surface area contributed by atoms with Gasteiger partial charge in [0, 0.05) is 84.5 Å². The van der Waals surface area contributed by atoms with Crippen LogP contribution in [0, 0.1) is 5.41 Å². The van der Waals surface area contributed by atoms with Crippen LogP contribution in [0.2, 0.25) is 0 Å². The minimum atomic E-state index is 0.00780. The van der Waals surface area contributed by atoms with Crippen molar-refractivity contribution < 1.29 is 0 Å². The fourth-order valence-corrected chi connectivity index (χ4v) is 15.6. The maximum absolute atomic E-state index is 2.59. The molecule has 0 amide bonds. The second kappa shape index (κ2) is 26.0. The number of fused-ring (bicyclic) bond motifs is 15. The summed E-state index contributed by atoms with van der Waals surface area (Å²) in [5.41, 5.74) is 25.4. The molecule has 0 N–H and O–H groups in total. The Morgan fingerprint density at radius 3 is 1.07 bits per heavy atom. The van der Waals surface area contributed by atoms with Crippen molar-refractivity contribution in [2.75, 3.05) is 89.3 Å². The van der Waals surface area contributed by atoms with Crippen LogP contribution in [-0.4, -0.2) is 69.7 Å². The average molecular weight is 1170 g/mol. The summed E-state index contributed by atoms with van der Waals surface area (Å²) in [6, 6.07) is 47.3. The molecule has 4 bridgehead atoms. The summed E-state index contributed by atoms with van der Waals surface area (Å²) in [6.45, 7) is 39.9. The zero-order valence-electron chi connectivity index (χ0n) is 57.1. The van der Waals surface area contributed by atoms with Gasteiger partial charge in [-0.25, -0.2) is 0 Å². The predicted octanol–water partition coefficient (Wildman–Crippen LogP) is 21.0. The quantitative estimate of drug-likeness (QED) is 0.113. The summed E-state index contributed by atoms with van der Waals surface area (Å²) in [4.78, 5) is 9.33. The van der Waals surface area contributed by atoms with Crippen LogP contribution < -0.4 is 30.2 Å². The Morgan fingerprint density at radius 1 is 0.400 bits per heavy atom. The minimum absolute atomic E-state index is 0.00780. The molecular weight excluding hydrogens is 1070 g/mol. The molecule has 2 aliphatic rings. The van der Waals surface area contributed by atoms with E-state index in [1.54, 1.807) is 0 Å². The molecule has 8 aromatic carbocycles. The summed E-state index contributed by atoms with van der Waals surface area (Å²) in [7, 11) is 19.4. The minimum Gasteiger partial charge on any atom is -0.377 e. The Labute approximate surface area is 520 Å². The van der Waals surface area contributed by atoms with Gasteiger partial charge in [0.15, 0.2) is 0 Å². The first kappa shape index (κ1) is 65.3. The Balaban J connectivity index is 0.000000225. The zero-order chi connectivity index (χ0) is 62.5. The highest BCUT2D eigenvalue weighted by atomic mass is 31.1. The van der Waals surface area contributed by atoms with Crippen molar-refractivity contribution in [2.45, 2.75) is 157 Å². The van der Waals surface area contributed by atoms with E-state index in [9.17, 15) is 0 Å². The molecule has 0 spiro atoms. The molecule has 10 rings (SSSR count). The highest BCUT2D eigenvalue weighted by Gasteiger charge is 2.65. The van der Waals surface area contributed by atoms with E-state index >= 15 is 0 Å². The normalized spacial score (nSPS) is 17.2. The predicted molar refractivity (Wildman–Crippen MR) is 389 cm³/mol. The molecule has 0 heterocycles. The smallest absolute Gasteiger partial charge is 0.0435 e. The van der Waals surface area contributed by atoms with Crippen LogP contribution in [0.5, 0.6) is 0 Å². The van der Waals surface area contributed by atoms with Gasteiger partial charge in [0.2, 0.25) is 0 Å². The van der Waals surface area contributed by atoms with Crippen LogP contribution in [0.4, 0.5) is 22.7 Å². The molecule has 0 saturated heterocycles. The molecule has 2 aliphatic carbocycles. The summed E-state index contributed by atoms with van der Waals surface area (Å²) in [5, 5.41) is 8.13. The molecule has 452 valence electrons. The van der Waals surface area contributed by atoms with Gasteiger partial charge in [-0.15, -0.1) is 0 Å². The summed E-state index contributed by atoms with van der Waals surface area (Å²) in [6.07, 6.45) is 1.16. The summed E-state index contributed by atoms with van der Waals surface area (Å²) >= 11 is 0. The van der Waals surface area contributed by atoms with E-state index in [0.29, 0.717) is 41.4 Å². The largest absolute Gasteiger partial charge is 0.377 e. The molecule has 1 saturated carbocycles. The van der Waals surface area contributed by atoms with Gasteiger partial charge >= 0.3 is 0 Å². The molecule has 5 atom stereocenters. The third-order valence-corrected chi connectivity index (χ3v) is 21.1. The molecule has 5 unspecified atom stereocenters. The van der Waals surface area contributed by atoms with Crippen molar-refractivity contribution in [2.24, 2.45) is 5.41 Å². The van der Waals surface area contributed by atoms with Gasteiger partial charge in [-0.3, -0.25) is 0 Å². The van der Waals surface area contributed by atoms with Crippen molar-refractivity contribution in [3.8, 4) is 33.4 Å². The molecule has 0 aromatic heterocycles. The molecule has 4 nitrogen and oxygen atoms in total. The van der Waals surface area contributed by atoms with Gasteiger partial charge in [-0.2, -0.15) is 0 Å². The van der Waals surface area contributed by atoms with Crippen LogP contribution in [0.3, 0.4) is 0 Å². The van der Waals surface area contributed by atoms with Gasteiger partial charge in [-0.05, 0) is 225 Å². The molecule has 0 radical (unpaired) electrons. The van der Waals surface area contributed by atoms with Crippen molar-refractivity contribution in [1.82, 2.24) is 0 Å². The van der Waals surface area contributed by atoms with Crippen molar-refractivity contribution in [1.29, 1.82) is 0 Å². The van der Waals surface area contributed by atoms with E-state index in [-0.39, 0.29) is 10.8 Å². The van der Waals surface area contributed by atoms with Crippen LogP contribution in [0.1, 0.15) is 196 Å². The molecule has 85 heavy (non-hydrogen) atoms. The lowest BCUT2D eigenvalue weighted by molar-refractivity contribution is 0.401. The van der Waals surface area contributed by atoms with E-state index in [1.165, 1.54) is 133 Å². The topological polar surface area (TPSA) is 13.0 Å². The van der Waals surface area contributed by atoms with E-state index in [2.05, 4.69) is 314 Å². The maximum Gasteiger partial charge on any atom is 0.0435 e. The highest BCUT2D eigenvalue weighted by molar-refractivity contribution is 7.46. The average Bonchev–Trinajstić information content (AvgIpc) is 1.56. The molecule has 8 aromatic rings. The van der Waals surface area contributed by atoms with Gasteiger partial charge in [0.25, 0.3) is 0 Å². The second-order valence-electron chi connectivity index (χ2n) is 28.0. The van der Waals surface area contributed by atoms with Crippen LogP contribution >= 0.6 is 17.2 Å². The van der Waals surface area contributed by atoms with Crippen LogP contribution in [0.15, 0.2) is 121 Å². The number of rotatable bonds is 12. The Bertz CT molecular complexity index is 3570. The van der Waals surface area contributed by atoms with E-state index in [1.807, 2.05) is 0 Å². The zero-order valence-corrected chi connectivity index (χ0v) is 59.1. The molecule has 6 heteroatoms. The number of hydrogen-bond donors (Lipinski definition) is 0. The molecule has 0 aliphatic heterocycles. The van der Waals surface area contributed by atoms with Crippen LogP contribution in [-0.2, 0) is 5.41 Å². The van der Waals surface area contributed by atoms with Crippen LogP contribution in [0.25, 0.3) is 54.9 Å². The Hall–Kier alpha value is -5.66. The number of anilines is 4. The van der Waals surface area contributed by atoms with Gasteiger partial charge < -0.3 is 19.6 Å². The SMILES string of the molecule is CC(C)c1cc2cc(c1N(C)C)C(C)C1(C)CC1(C)c1cc(cc(C(C)C)c1N(C)C)-c1ccc3ccccc3c1-c1c-2ccc2ccccc12.CPc1cc(C(C)C)c(N(C)C)c(C(C)C)c1.CPc1cc(C(C)C)c(N(C)C)c(C(C)C)c1. The van der Waals surface area contributed by atoms with Crippen molar-refractivity contribution >= 4 is 72.1 Å². The third-order valence-electron chi connectivity index (χ3n) is 19.3. The van der Waals surface area contributed by atoms with Gasteiger partial charge in [0.1, 0.15) is 0 Å². The van der Waals surface area contributed by atoms with Gasteiger partial charge in [-0.1, -0.05) is 194 Å².